The molecule has 0 spiro atoms. The van der Waals surface area contributed by atoms with E-state index in [1.807, 2.05) is 0 Å². The van der Waals surface area contributed by atoms with E-state index < -0.39 is 0 Å². The van der Waals surface area contributed by atoms with Crippen molar-refractivity contribution >= 4 is 17.4 Å². The second kappa shape index (κ2) is 5.30. The molecule has 1 heterocycles. The summed E-state index contributed by atoms with van der Waals surface area (Å²) in [4.78, 5) is 1.33. The van der Waals surface area contributed by atoms with Crippen molar-refractivity contribution in [1.29, 1.82) is 0 Å². The first kappa shape index (κ1) is 12.6. The van der Waals surface area contributed by atoms with Crippen molar-refractivity contribution in [3.63, 3.8) is 0 Å². The highest BCUT2D eigenvalue weighted by Gasteiger charge is 2.18. The first-order chi connectivity index (χ1) is 9.26. The van der Waals surface area contributed by atoms with Crippen LogP contribution in [-0.4, -0.2) is 6.26 Å². The molecule has 3 rings (SSSR count). The standard InChI is InChI=1S/C17H19NS/c1-12-3-9-17-14(11-12)6-10-16(18-17)13-4-7-15(19-2)8-5-13/h3-5,7-9,11,16,18H,6,10H2,1-2H3/t16-/m1/s1. The molecule has 0 saturated carbocycles. The summed E-state index contributed by atoms with van der Waals surface area (Å²) in [6, 6.07) is 16.1. The van der Waals surface area contributed by atoms with Gasteiger partial charge in [0.2, 0.25) is 0 Å². The molecular formula is C17H19NS. The summed E-state index contributed by atoms with van der Waals surface area (Å²) in [6.45, 7) is 2.16. The molecule has 1 nitrogen and oxygen atoms in total. The van der Waals surface area contributed by atoms with E-state index >= 15 is 0 Å². The molecule has 1 N–H and O–H groups in total. The van der Waals surface area contributed by atoms with Gasteiger partial charge in [0.1, 0.15) is 0 Å². The van der Waals surface area contributed by atoms with E-state index in [-0.39, 0.29) is 0 Å². The number of anilines is 1. The van der Waals surface area contributed by atoms with Crippen LogP contribution in [0.15, 0.2) is 47.4 Å². The lowest BCUT2D eigenvalue weighted by Crippen LogP contribution is -2.18. The minimum absolute atomic E-state index is 0.450. The SMILES string of the molecule is CSc1ccc([C@H]2CCc3cc(C)ccc3N2)cc1. The van der Waals surface area contributed by atoms with E-state index in [9.17, 15) is 0 Å². The van der Waals surface area contributed by atoms with Gasteiger partial charge >= 0.3 is 0 Å². The molecular weight excluding hydrogens is 250 g/mol. The minimum atomic E-state index is 0.450. The quantitative estimate of drug-likeness (QED) is 0.785. The van der Waals surface area contributed by atoms with Gasteiger partial charge < -0.3 is 5.32 Å². The van der Waals surface area contributed by atoms with Crippen LogP contribution in [0.4, 0.5) is 5.69 Å². The molecule has 0 saturated heterocycles. The molecule has 0 fully saturated rings. The molecule has 2 aromatic carbocycles. The monoisotopic (exact) mass is 269 g/mol. The van der Waals surface area contributed by atoms with Crippen molar-refractivity contribution < 1.29 is 0 Å². The van der Waals surface area contributed by atoms with Gasteiger partial charge in [-0.05, 0) is 55.3 Å². The maximum Gasteiger partial charge on any atom is 0.0517 e. The van der Waals surface area contributed by atoms with Gasteiger partial charge in [-0.1, -0.05) is 29.8 Å². The molecule has 0 aromatic heterocycles. The Kier molecular flexibility index (Phi) is 3.52. The van der Waals surface area contributed by atoms with E-state index in [1.165, 1.54) is 40.1 Å². The predicted molar refractivity (Wildman–Crippen MR) is 84.1 cm³/mol. The summed E-state index contributed by atoms with van der Waals surface area (Å²) >= 11 is 1.79. The van der Waals surface area contributed by atoms with Crippen molar-refractivity contribution in [3.05, 3.63) is 59.2 Å². The van der Waals surface area contributed by atoms with Crippen LogP contribution in [-0.2, 0) is 6.42 Å². The van der Waals surface area contributed by atoms with Gasteiger partial charge in [0, 0.05) is 10.6 Å². The Bertz CT molecular complexity index is 574. The Hall–Kier alpha value is -1.41. The van der Waals surface area contributed by atoms with Crippen LogP contribution >= 0.6 is 11.8 Å². The Labute approximate surface area is 119 Å². The van der Waals surface area contributed by atoms with Gasteiger partial charge in [-0.3, -0.25) is 0 Å². The molecule has 2 heteroatoms. The number of hydrogen-bond donors (Lipinski definition) is 1. The predicted octanol–water partition coefficient (Wildman–Crippen LogP) is 4.82. The van der Waals surface area contributed by atoms with Crippen LogP contribution in [0.2, 0.25) is 0 Å². The fourth-order valence-electron chi connectivity index (χ4n) is 2.72. The summed E-state index contributed by atoms with van der Waals surface area (Å²) < 4.78 is 0. The highest BCUT2D eigenvalue weighted by molar-refractivity contribution is 7.98. The third kappa shape index (κ3) is 2.64. The lowest BCUT2D eigenvalue weighted by molar-refractivity contribution is 0.667. The fraction of sp³-hybridized carbons (Fsp3) is 0.294. The van der Waals surface area contributed by atoms with E-state index in [0.29, 0.717) is 6.04 Å². The second-order valence-corrected chi connectivity index (χ2v) is 6.05. The molecule has 98 valence electrons. The lowest BCUT2D eigenvalue weighted by atomic mass is 9.93. The average molecular weight is 269 g/mol. The van der Waals surface area contributed by atoms with Crippen molar-refractivity contribution in [1.82, 2.24) is 0 Å². The highest BCUT2D eigenvalue weighted by Crippen LogP contribution is 2.33. The molecule has 0 unspecified atom stereocenters. The summed E-state index contributed by atoms with van der Waals surface area (Å²) in [5.41, 5.74) is 5.50. The Morgan fingerprint density at radius 1 is 1.11 bits per heavy atom. The molecule has 0 amide bonds. The molecule has 0 radical (unpaired) electrons. The van der Waals surface area contributed by atoms with Crippen molar-refractivity contribution in [3.8, 4) is 0 Å². The molecule has 1 aliphatic rings. The van der Waals surface area contributed by atoms with Gasteiger partial charge in [-0.15, -0.1) is 11.8 Å². The first-order valence-corrected chi connectivity index (χ1v) is 7.99. The zero-order valence-electron chi connectivity index (χ0n) is 11.4. The topological polar surface area (TPSA) is 12.0 Å². The van der Waals surface area contributed by atoms with Crippen LogP contribution in [0.5, 0.6) is 0 Å². The average Bonchev–Trinajstić information content (AvgIpc) is 2.47. The number of nitrogens with one attached hydrogen (secondary N) is 1. The normalized spacial score (nSPS) is 17.7. The maximum absolute atomic E-state index is 3.67. The third-order valence-corrected chi connectivity index (χ3v) is 4.55. The molecule has 1 aliphatic heterocycles. The van der Waals surface area contributed by atoms with Gasteiger partial charge in [0.05, 0.1) is 6.04 Å². The molecule has 19 heavy (non-hydrogen) atoms. The highest BCUT2D eigenvalue weighted by atomic mass is 32.2. The number of benzene rings is 2. The minimum Gasteiger partial charge on any atom is -0.378 e. The zero-order valence-corrected chi connectivity index (χ0v) is 12.3. The number of thioether (sulfide) groups is 1. The van der Waals surface area contributed by atoms with E-state index in [1.54, 1.807) is 11.8 Å². The summed E-state index contributed by atoms with van der Waals surface area (Å²) in [5.74, 6) is 0. The van der Waals surface area contributed by atoms with Crippen LogP contribution in [0.3, 0.4) is 0 Å². The van der Waals surface area contributed by atoms with Crippen LogP contribution in [0, 0.1) is 6.92 Å². The van der Waals surface area contributed by atoms with Crippen molar-refractivity contribution in [2.24, 2.45) is 0 Å². The third-order valence-electron chi connectivity index (χ3n) is 3.81. The molecule has 0 aliphatic carbocycles. The summed E-state index contributed by atoms with van der Waals surface area (Å²) in [7, 11) is 0. The van der Waals surface area contributed by atoms with Gasteiger partial charge in [-0.25, -0.2) is 0 Å². The second-order valence-electron chi connectivity index (χ2n) is 5.17. The van der Waals surface area contributed by atoms with Crippen LogP contribution in [0.25, 0.3) is 0 Å². The van der Waals surface area contributed by atoms with Crippen molar-refractivity contribution in [2.75, 3.05) is 11.6 Å². The smallest absolute Gasteiger partial charge is 0.0517 e. The van der Waals surface area contributed by atoms with E-state index in [2.05, 4.69) is 61.0 Å². The number of hydrogen-bond acceptors (Lipinski definition) is 2. The lowest BCUT2D eigenvalue weighted by Gasteiger charge is -2.27. The summed E-state index contributed by atoms with van der Waals surface area (Å²) in [5, 5.41) is 3.67. The Morgan fingerprint density at radius 2 is 1.89 bits per heavy atom. The molecule has 2 aromatic rings. The zero-order chi connectivity index (χ0) is 13.2. The first-order valence-electron chi connectivity index (χ1n) is 6.76. The number of rotatable bonds is 2. The van der Waals surface area contributed by atoms with Gasteiger partial charge in [-0.2, -0.15) is 0 Å². The number of aryl methyl sites for hydroxylation is 2. The largest absolute Gasteiger partial charge is 0.378 e. The summed E-state index contributed by atoms with van der Waals surface area (Å²) in [6.07, 6.45) is 4.46. The number of fused-ring (bicyclic) bond motifs is 1. The molecule has 1 atom stereocenters. The van der Waals surface area contributed by atoms with Crippen LogP contribution < -0.4 is 5.32 Å². The Morgan fingerprint density at radius 3 is 2.63 bits per heavy atom. The molecule has 0 bridgehead atoms. The maximum atomic E-state index is 3.67. The fourth-order valence-corrected chi connectivity index (χ4v) is 3.12. The van der Waals surface area contributed by atoms with E-state index in [4.69, 9.17) is 0 Å². The van der Waals surface area contributed by atoms with E-state index in [0.717, 1.165) is 0 Å². The van der Waals surface area contributed by atoms with Crippen molar-refractivity contribution in [2.45, 2.75) is 30.7 Å². The Balaban J connectivity index is 1.82. The van der Waals surface area contributed by atoms with Gasteiger partial charge in [0.15, 0.2) is 0 Å². The van der Waals surface area contributed by atoms with Crippen LogP contribution in [0.1, 0.15) is 29.2 Å². The van der Waals surface area contributed by atoms with Gasteiger partial charge in [0.25, 0.3) is 0 Å².